The topological polar surface area (TPSA) is 47.6 Å². The van der Waals surface area contributed by atoms with Gasteiger partial charge >= 0.3 is 0 Å². The van der Waals surface area contributed by atoms with Crippen LogP contribution in [0.5, 0.6) is 5.75 Å². The zero-order valence-electron chi connectivity index (χ0n) is 16.1. The molecule has 144 valence electrons. The number of methoxy groups -OCH3 is 1. The van der Waals surface area contributed by atoms with Gasteiger partial charge in [-0.15, -0.1) is 0 Å². The van der Waals surface area contributed by atoms with E-state index in [1.807, 2.05) is 78.9 Å². The minimum absolute atomic E-state index is 0.00910. The van der Waals surface area contributed by atoms with Crippen LogP contribution in [0.1, 0.15) is 22.3 Å². The highest BCUT2D eigenvalue weighted by molar-refractivity contribution is 5.78. The Hall–Kier alpha value is -3.11. The third-order valence-electron chi connectivity index (χ3n) is 4.49. The summed E-state index contributed by atoms with van der Waals surface area (Å²) in [7, 11) is 1.63. The van der Waals surface area contributed by atoms with Gasteiger partial charge in [0.05, 0.1) is 26.7 Å². The number of nitrogens with one attached hydrogen (secondary N) is 1. The van der Waals surface area contributed by atoms with E-state index in [0.29, 0.717) is 26.2 Å². The number of amides is 1. The highest BCUT2D eigenvalue weighted by Gasteiger charge is 2.07. The number of hydrogen-bond donors (Lipinski definition) is 1. The van der Waals surface area contributed by atoms with Crippen molar-refractivity contribution >= 4 is 5.91 Å². The molecule has 0 radical (unpaired) electrons. The molecule has 0 spiro atoms. The van der Waals surface area contributed by atoms with Crippen molar-refractivity contribution in [1.29, 1.82) is 0 Å². The van der Waals surface area contributed by atoms with Crippen LogP contribution in [0, 0.1) is 0 Å². The smallest absolute Gasteiger partial charge is 0.224 e. The van der Waals surface area contributed by atoms with E-state index in [2.05, 4.69) is 5.32 Å². The largest absolute Gasteiger partial charge is 0.497 e. The molecule has 0 unspecified atom stereocenters. The number of rotatable bonds is 9. The molecule has 3 aromatic carbocycles. The lowest BCUT2D eigenvalue weighted by Crippen LogP contribution is -2.25. The molecule has 0 saturated carbocycles. The van der Waals surface area contributed by atoms with E-state index in [-0.39, 0.29) is 5.91 Å². The van der Waals surface area contributed by atoms with E-state index in [1.54, 1.807) is 7.11 Å². The molecular formula is C24H25NO3. The van der Waals surface area contributed by atoms with Gasteiger partial charge in [0.2, 0.25) is 5.91 Å². The predicted molar refractivity (Wildman–Crippen MR) is 110 cm³/mol. The summed E-state index contributed by atoms with van der Waals surface area (Å²) in [6.45, 7) is 1.57. The molecule has 0 heterocycles. The van der Waals surface area contributed by atoms with E-state index in [4.69, 9.17) is 9.47 Å². The van der Waals surface area contributed by atoms with Crippen molar-refractivity contribution in [3.05, 3.63) is 101 Å². The molecule has 0 aliphatic carbocycles. The molecule has 4 heteroatoms. The van der Waals surface area contributed by atoms with Crippen LogP contribution in [0.15, 0.2) is 78.9 Å². The number of hydrogen-bond acceptors (Lipinski definition) is 3. The average Bonchev–Trinajstić information content (AvgIpc) is 2.74. The first-order chi connectivity index (χ1) is 13.7. The van der Waals surface area contributed by atoms with Gasteiger partial charge in [-0.05, 0) is 34.4 Å². The molecule has 0 atom stereocenters. The average molecular weight is 375 g/mol. The first kappa shape index (κ1) is 19.6. The number of ether oxygens (including phenoxy) is 2. The van der Waals surface area contributed by atoms with Crippen LogP contribution in [0.25, 0.3) is 0 Å². The summed E-state index contributed by atoms with van der Waals surface area (Å²) in [4.78, 5) is 12.3. The fourth-order valence-electron chi connectivity index (χ4n) is 2.91. The zero-order chi connectivity index (χ0) is 19.6. The molecule has 0 bridgehead atoms. The van der Waals surface area contributed by atoms with Gasteiger partial charge in [-0.1, -0.05) is 66.7 Å². The SMILES string of the molecule is COc1ccc(CC(=O)NCc2ccccc2COCc2ccccc2)cc1. The monoisotopic (exact) mass is 375 g/mol. The molecule has 0 aliphatic heterocycles. The van der Waals surface area contributed by atoms with E-state index in [1.165, 1.54) is 0 Å². The van der Waals surface area contributed by atoms with Crippen molar-refractivity contribution in [2.45, 2.75) is 26.2 Å². The fourth-order valence-corrected chi connectivity index (χ4v) is 2.91. The summed E-state index contributed by atoms with van der Waals surface area (Å²) >= 11 is 0. The van der Waals surface area contributed by atoms with Crippen LogP contribution in [0.4, 0.5) is 0 Å². The molecular weight excluding hydrogens is 350 g/mol. The third-order valence-corrected chi connectivity index (χ3v) is 4.49. The van der Waals surface area contributed by atoms with Crippen LogP contribution in [0.2, 0.25) is 0 Å². The van der Waals surface area contributed by atoms with Gasteiger partial charge in [0, 0.05) is 6.54 Å². The molecule has 0 aromatic heterocycles. The molecule has 4 nitrogen and oxygen atoms in total. The van der Waals surface area contributed by atoms with Crippen LogP contribution < -0.4 is 10.1 Å². The minimum atomic E-state index is -0.00910. The first-order valence-electron chi connectivity index (χ1n) is 9.32. The van der Waals surface area contributed by atoms with Crippen LogP contribution >= 0.6 is 0 Å². The Morgan fingerprint density at radius 3 is 2.18 bits per heavy atom. The Kier molecular flexibility index (Phi) is 7.21. The molecule has 1 N–H and O–H groups in total. The van der Waals surface area contributed by atoms with Gasteiger partial charge in [0.25, 0.3) is 0 Å². The minimum Gasteiger partial charge on any atom is -0.497 e. The number of benzene rings is 3. The maximum absolute atomic E-state index is 12.3. The van der Waals surface area contributed by atoms with Crippen LogP contribution in [-0.4, -0.2) is 13.0 Å². The molecule has 0 aliphatic rings. The third kappa shape index (κ3) is 5.96. The lowest BCUT2D eigenvalue weighted by Gasteiger charge is -2.12. The molecule has 1 amide bonds. The standard InChI is InChI=1S/C24H25NO3/c1-27-23-13-11-19(12-14-23)15-24(26)25-16-21-9-5-6-10-22(21)18-28-17-20-7-3-2-4-8-20/h2-14H,15-18H2,1H3,(H,25,26). The van der Waals surface area contributed by atoms with Crippen molar-refractivity contribution in [2.24, 2.45) is 0 Å². The van der Waals surface area contributed by atoms with Crippen molar-refractivity contribution in [2.75, 3.05) is 7.11 Å². The lowest BCUT2D eigenvalue weighted by molar-refractivity contribution is -0.120. The van der Waals surface area contributed by atoms with Crippen molar-refractivity contribution < 1.29 is 14.3 Å². The van der Waals surface area contributed by atoms with Gasteiger partial charge in [0.15, 0.2) is 0 Å². The fraction of sp³-hybridized carbons (Fsp3) is 0.208. The Balaban J connectivity index is 1.50. The molecule has 0 saturated heterocycles. The van der Waals surface area contributed by atoms with Gasteiger partial charge in [-0.25, -0.2) is 0 Å². The summed E-state index contributed by atoms with van der Waals surface area (Å²) in [5, 5.41) is 3.00. The van der Waals surface area contributed by atoms with Gasteiger partial charge < -0.3 is 14.8 Å². The molecule has 3 aromatic rings. The number of carbonyl (C=O) groups is 1. The number of carbonyl (C=O) groups excluding carboxylic acids is 1. The Labute approximate surface area is 166 Å². The molecule has 28 heavy (non-hydrogen) atoms. The normalized spacial score (nSPS) is 10.5. The zero-order valence-corrected chi connectivity index (χ0v) is 16.1. The van der Waals surface area contributed by atoms with Gasteiger partial charge in [-0.3, -0.25) is 4.79 Å². The highest BCUT2D eigenvalue weighted by Crippen LogP contribution is 2.13. The Morgan fingerprint density at radius 1 is 0.786 bits per heavy atom. The van der Waals surface area contributed by atoms with Crippen molar-refractivity contribution in [3.63, 3.8) is 0 Å². The van der Waals surface area contributed by atoms with E-state index >= 15 is 0 Å². The second kappa shape index (κ2) is 10.3. The second-order valence-electron chi connectivity index (χ2n) is 6.55. The summed E-state index contributed by atoms with van der Waals surface area (Å²) in [6.07, 6.45) is 0.344. The summed E-state index contributed by atoms with van der Waals surface area (Å²) in [6, 6.07) is 25.7. The van der Waals surface area contributed by atoms with E-state index in [0.717, 1.165) is 28.0 Å². The van der Waals surface area contributed by atoms with E-state index < -0.39 is 0 Å². The highest BCUT2D eigenvalue weighted by atomic mass is 16.5. The van der Waals surface area contributed by atoms with Gasteiger partial charge in [0.1, 0.15) is 5.75 Å². The maximum Gasteiger partial charge on any atom is 0.224 e. The Bertz CT molecular complexity index is 876. The van der Waals surface area contributed by atoms with E-state index in [9.17, 15) is 4.79 Å². The molecule has 0 fully saturated rings. The summed E-state index contributed by atoms with van der Waals surface area (Å²) < 4.78 is 11.0. The van der Waals surface area contributed by atoms with Crippen molar-refractivity contribution in [3.8, 4) is 5.75 Å². The maximum atomic E-state index is 12.3. The molecule has 3 rings (SSSR count). The second-order valence-corrected chi connectivity index (χ2v) is 6.55. The van der Waals surface area contributed by atoms with Crippen LogP contribution in [0.3, 0.4) is 0 Å². The Morgan fingerprint density at radius 2 is 1.46 bits per heavy atom. The summed E-state index contributed by atoms with van der Waals surface area (Å²) in [5.41, 5.74) is 4.26. The first-order valence-corrected chi connectivity index (χ1v) is 9.32. The lowest BCUT2D eigenvalue weighted by atomic mass is 10.1. The quantitative estimate of drug-likeness (QED) is 0.608. The summed E-state index contributed by atoms with van der Waals surface area (Å²) in [5.74, 6) is 0.777. The van der Waals surface area contributed by atoms with Crippen LogP contribution in [-0.2, 0) is 35.7 Å². The van der Waals surface area contributed by atoms with Gasteiger partial charge in [-0.2, -0.15) is 0 Å². The van der Waals surface area contributed by atoms with Crippen molar-refractivity contribution in [1.82, 2.24) is 5.32 Å². The predicted octanol–water partition coefficient (Wildman–Crippen LogP) is 4.27.